The van der Waals surface area contributed by atoms with E-state index in [1.54, 1.807) is 7.05 Å². The lowest BCUT2D eigenvalue weighted by Crippen LogP contribution is -2.33. The lowest BCUT2D eigenvalue weighted by molar-refractivity contribution is 0.242. The second-order valence-corrected chi connectivity index (χ2v) is 3.76. The van der Waals surface area contributed by atoms with E-state index in [9.17, 15) is 0 Å². The van der Waals surface area contributed by atoms with Crippen molar-refractivity contribution in [3.8, 4) is 0 Å². The number of aryl methyl sites for hydroxylation is 1. The molecule has 1 aromatic heterocycles. The van der Waals surface area contributed by atoms with Gasteiger partial charge in [0.1, 0.15) is 0 Å². The van der Waals surface area contributed by atoms with Crippen molar-refractivity contribution in [3.63, 3.8) is 0 Å². The van der Waals surface area contributed by atoms with E-state index in [4.69, 9.17) is 0 Å². The first-order valence-corrected chi connectivity index (χ1v) is 4.89. The van der Waals surface area contributed by atoms with Gasteiger partial charge in [-0.1, -0.05) is 0 Å². The standard InChI is InChI=1S/C8H16N6/c1-13(7-3-4-9-5-7)6-8-10-12-14(2)11-8/h7,9H,3-6H2,1-2H3. The molecule has 0 aromatic carbocycles. The lowest BCUT2D eigenvalue weighted by Gasteiger charge is -2.21. The molecule has 0 bridgehead atoms. The zero-order chi connectivity index (χ0) is 9.97. The van der Waals surface area contributed by atoms with Gasteiger partial charge in [0, 0.05) is 12.6 Å². The predicted octanol–water partition coefficient (Wildman–Crippen LogP) is -0.996. The highest BCUT2D eigenvalue weighted by Gasteiger charge is 2.20. The third kappa shape index (κ3) is 2.08. The number of aromatic nitrogens is 4. The van der Waals surface area contributed by atoms with Crippen molar-refractivity contribution < 1.29 is 0 Å². The van der Waals surface area contributed by atoms with Crippen LogP contribution in [0.1, 0.15) is 12.2 Å². The van der Waals surface area contributed by atoms with E-state index in [-0.39, 0.29) is 0 Å². The zero-order valence-corrected chi connectivity index (χ0v) is 8.64. The fourth-order valence-corrected chi connectivity index (χ4v) is 1.75. The van der Waals surface area contributed by atoms with E-state index < -0.39 is 0 Å². The second kappa shape index (κ2) is 4.02. The molecule has 1 atom stereocenters. The predicted molar refractivity (Wildman–Crippen MR) is 51.5 cm³/mol. The summed E-state index contributed by atoms with van der Waals surface area (Å²) in [6, 6.07) is 0.610. The highest BCUT2D eigenvalue weighted by atomic mass is 15.6. The van der Waals surface area contributed by atoms with Crippen LogP contribution in [0.2, 0.25) is 0 Å². The number of likely N-dealkylation sites (N-methyl/N-ethyl adjacent to an activating group) is 1. The molecule has 1 N–H and O–H groups in total. The Kier molecular flexibility index (Phi) is 2.74. The highest BCUT2D eigenvalue weighted by molar-refractivity contribution is 4.83. The Morgan fingerprint density at radius 1 is 1.64 bits per heavy atom. The van der Waals surface area contributed by atoms with E-state index in [0.29, 0.717) is 6.04 Å². The Morgan fingerprint density at radius 3 is 3.07 bits per heavy atom. The summed E-state index contributed by atoms with van der Waals surface area (Å²) in [4.78, 5) is 3.77. The van der Waals surface area contributed by atoms with Gasteiger partial charge in [-0.15, -0.1) is 10.2 Å². The first-order chi connectivity index (χ1) is 6.75. The van der Waals surface area contributed by atoms with Gasteiger partial charge in [-0.05, 0) is 25.2 Å². The maximum Gasteiger partial charge on any atom is 0.188 e. The van der Waals surface area contributed by atoms with Crippen molar-refractivity contribution >= 4 is 0 Å². The summed E-state index contributed by atoms with van der Waals surface area (Å²) in [5, 5.41) is 15.3. The van der Waals surface area contributed by atoms with Gasteiger partial charge in [0.15, 0.2) is 5.82 Å². The minimum atomic E-state index is 0.610. The molecule has 1 aliphatic heterocycles. The van der Waals surface area contributed by atoms with Crippen molar-refractivity contribution in [3.05, 3.63) is 5.82 Å². The molecule has 1 fully saturated rings. The molecule has 78 valence electrons. The number of hydrogen-bond acceptors (Lipinski definition) is 5. The molecule has 0 spiro atoms. The molecule has 6 nitrogen and oxygen atoms in total. The van der Waals surface area contributed by atoms with E-state index in [2.05, 4.69) is 32.7 Å². The van der Waals surface area contributed by atoms with Crippen molar-refractivity contribution in [2.75, 3.05) is 20.1 Å². The van der Waals surface area contributed by atoms with Gasteiger partial charge in [0.05, 0.1) is 13.6 Å². The van der Waals surface area contributed by atoms with Crippen LogP contribution in [0.3, 0.4) is 0 Å². The molecule has 1 aliphatic rings. The molecule has 2 heterocycles. The molecule has 6 heteroatoms. The minimum absolute atomic E-state index is 0.610. The molecule has 2 rings (SSSR count). The number of nitrogens with one attached hydrogen (secondary N) is 1. The van der Waals surface area contributed by atoms with Crippen molar-refractivity contribution in [2.24, 2.45) is 7.05 Å². The fraction of sp³-hybridized carbons (Fsp3) is 0.875. The average molecular weight is 196 g/mol. The minimum Gasteiger partial charge on any atom is -0.315 e. The van der Waals surface area contributed by atoms with Crippen molar-refractivity contribution in [2.45, 2.75) is 19.0 Å². The Hall–Kier alpha value is -1.01. The number of hydrogen-bond donors (Lipinski definition) is 1. The van der Waals surface area contributed by atoms with Gasteiger partial charge in [-0.2, -0.15) is 4.80 Å². The summed E-state index contributed by atoms with van der Waals surface area (Å²) in [5.74, 6) is 0.793. The molecular formula is C8H16N6. The van der Waals surface area contributed by atoms with Crippen molar-refractivity contribution in [1.82, 2.24) is 30.4 Å². The monoisotopic (exact) mass is 196 g/mol. The maximum atomic E-state index is 4.15. The summed E-state index contributed by atoms with van der Waals surface area (Å²) in [7, 11) is 3.89. The van der Waals surface area contributed by atoms with E-state index >= 15 is 0 Å². The van der Waals surface area contributed by atoms with Crippen molar-refractivity contribution in [1.29, 1.82) is 0 Å². The van der Waals surface area contributed by atoms with Crippen LogP contribution in [0.4, 0.5) is 0 Å². The third-order valence-corrected chi connectivity index (χ3v) is 2.60. The summed E-state index contributed by atoms with van der Waals surface area (Å²) in [6.07, 6.45) is 1.21. The molecule has 0 aliphatic carbocycles. The van der Waals surface area contributed by atoms with Gasteiger partial charge < -0.3 is 5.32 Å². The van der Waals surface area contributed by atoms with E-state index in [1.807, 2.05) is 0 Å². The summed E-state index contributed by atoms with van der Waals surface area (Å²) in [6.45, 7) is 2.96. The highest BCUT2D eigenvalue weighted by Crippen LogP contribution is 2.07. The van der Waals surface area contributed by atoms with Crippen LogP contribution in [-0.4, -0.2) is 51.3 Å². The summed E-state index contributed by atoms with van der Waals surface area (Å²) in [5.41, 5.74) is 0. The molecule has 1 unspecified atom stereocenters. The Labute approximate surface area is 83.3 Å². The topological polar surface area (TPSA) is 58.9 Å². The Bertz CT molecular complexity index is 290. The van der Waals surface area contributed by atoms with E-state index in [1.165, 1.54) is 11.2 Å². The molecule has 0 saturated carbocycles. The van der Waals surface area contributed by atoms with Gasteiger partial charge in [-0.25, -0.2) is 0 Å². The largest absolute Gasteiger partial charge is 0.315 e. The summed E-state index contributed by atoms with van der Waals surface area (Å²) < 4.78 is 0. The van der Waals surface area contributed by atoms with Gasteiger partial charge in [0.25, 0.3) is 0 Å². The number of nitrogens with zero attached hydrogens (tertiary/aromatic N) is 5. The van der Waals surface area contributed by atoms with Crippen LogP contribution < -0.4 is 5.32 Å². The van der Waals surface area contributed by atoms with Crippen LogP contribution in [0.15, 0.2) is 0 Å². The molecule has 14 heavy (non-hydrogen) atoms. The molecular weight excluding hydrogens is 180 g/mol. The smallest absolute Gasteiger partial charge is 0.188 e. The summed E-state index contributed by atoms with van der Waals surface area (Å²) >= 11 is 0. The third-order valence-electron chi connectivity index (χ3n) is 2.60. The van der Waals surface area contributed by atoms with Gasteiger partial charge in [-0.3, -0.25) is 4.90 Å². The lowest BCUT2D eigenvalue weighted by atomic mass is 10.2. The van der Waals surface area contributed by atoms with Crippen LogP contribution in [0.25, 0.3) is 0 Å². The maximum absolute atomic E-state index is 4.15. The van der Waals surface area contributed by atoms with Gasteiger partial charge in [0.2, 0.25) is 0 Å². The van der Waals surface area contributed by atoms with Crippen LogP contribution in [0.5, 0.6) is 0 Å². The quantitative estimate of drug-likeness (QED) is 0.672. The normalized spacial score (nSPS) is 22.1. The van der Waals surface area contributed by atoms with Crippen LogP contribution >= 0.6 is 0 Å². The molecule has 1 saturated heterocycles. The molecule has 0 radical (unpaired) electrons. The Balaban J connectivity index is 1.90. The van der Waals surface area contributed by atoms with Crippen LogP contribution in [0, 0.1) is 0 Å². The Morgan fingerprint density at radius 2 is 2.50 bits per heavy atom. The SMILES string of the molecule is CN(Cc1nnn(C)n1)C1CCNC1. The first kappa shape index (κ1) is 9.54. The van der Waals surface area contributed by atoms with E-state index in [0.717, 1.165) is 25.5 Å². The van der Waals surface area contributed by atoms with Crippen LogP contribution in [-0.2, 0) is 13.6 Å². The molecule has 0 amide bonds. The second-order valence-electron chi connectivity index (χ2n) is 3.76. The first-order valence-electron chi connectivity index (χ1n) is 4.89. The van der Waals surface area contributed by atoms with Gasteiger partial charge >= 0.3 is 0 Å². The number of tetrazole rings is 1. The average Bonchev–Trinajstić information content (AvgIpc) is 2.75. The zero-order valence-electron chi connectivity index (χ0n) is 8.64. The fourth-order valence-electron chi connectivity index (χ4n) is 1.75. The molecule has 1 aromatic rings. The number of rotatable bonds is 3.